The lowest BCUT2D eigenvalue weighted by Crippen LogP contribution is -2.81. The van der Waals surface area contributed by atoms with Crippen LogP contribution in [0.2, 0.25) is 0 Å². The van der Waals surface area contributed by atoms with Gasteiger partial charge in [0.1, 0.15) is 41.2 Å². The number of esters is 3. The molecular weight excluding hydrogens is 959 g/mol. The van der Waals surface area contributed by atoms with E-state index < -0.39 is 112 Å². The van der Waals surface area contributed by atoms with E-state index in [4.69, 9.17) is 23.7 Å². The number of alkyl carbamates (subject to hydrolysis) is 1. The second kappa shape index (κ2) is 24.8. The Hall–Kier alpha value is -5.97. The monoisotopic (exact) mass is 1040 g/mol. The minimum absolute atomic E-state index is 0.0668. The first-order chi connectivity index (χ1) is 35.5. The Morgan fingerprint density at radius 2 is 1.37 bits per heavy atom. The van der Waals surface area contributed by atoms with Crippen molar-refractivity contribution in [1.82, 2.24) is 5.32 Å². The number of carbonyl (C=O) groups is 5. The maximum absolute atomic E-state index is 15.5. The molecular formula is C60H77NO14. The van der Waals surface area contributed by atoms with Gasteiger partial charge >= 0.3 is 24.0 Å². The van der Waals surface area contributed by atoms with Crippen LogP contribution in [-0.2, 0) is 38.1 Å². The molecule has 1 aliphatic heterocycles. The quantitative estimate of drug-likeness (QED) is 0.0475. The maximum Gasteiger partial charge on any atom is 0.408 e. The molecule has 0 aromatic heterocycles. The topological polar surface area (TPSA) is 224 Å². The fourth-order valence-corrected chi connectivity index (χ4v) is 11.1. The van der Waals surface area contributed by atoms with Gasteiger partial charge in [0, 0.05) is 30.6 Å². The lowest BCUT2D eigenvalue weighted by atomic mass is 9.44. The molecule has 0 spiro atoms. The van der Waals surface area contributed by atoms with Crippen LogP contribution < -0.4 is 5.32 Å². The summed E-state index contributed by atoms with van der Waals surface area (Å²) in [5.74, 6) is -5.32. The van der Waals surface area contributed by atoms with Gasteiger partial charge in [-0.15, -0.1) is 0 Å². The molecule has 11 atom stereocenters. The molecule has 1 saturated heterocycles. The van der Waals surface area contributed by atoms with Crippen molar-refractivity contribution < 1.29 is 68.1 Å². The number of fused-ring (bicyclic) bond motifs is 5. The highest BCUT2D eigenvalue weighted by Gasteiger charge is 2.77. The number of aliphatic hydroxyl groups is 4. The third kappa shape index (κ3) is 13.0. The van der Waals surface area contributed by atoms with Crippen LogP contribution in [0.4, 0.5) is 4.79 Å². The molecule has 2 aromatic rings. The van der Waals surface area contributed by atoms with Crippen molar-refractivity contribution in [1.29, 1.82) is 0 Å². The number of amides is 1. The lowest BCUT2D eigenvalue weighted by Gasteiger charge is -2.67. The van der Waals surface area contributed by atoms with Crippen molar-refractivity contribution in [2.75, 3.05) is 6.61 Å². The van der Waals surface area contributed by atoms with Crippen molar-refractivity contribution in [3.63, 3.8) is 0 Å². The van der Waals surface area contributed by atoms with Crippen molar-refractivity contribution in [3.05, 3.63) is 144 Å². The van der Waals surface area contributed by atoms with E-state index in [1.807, 2.05) is 18.2 Å². The number of Topliss-reactive ketones (excluding diaryl/α,β-unsaturated/α-hetero) is 1. The summed E-state index contributed by atoms with van der Waals surface area (Å²) in [5.41, 5.74) is -8.50. The van der Waals surface area contributed by atoms with Gasteiger partial charge in [-0.2, -0.15) is 0 Å². The Bertz CT molecular complexity index is 2520. The van der Waals surface area contributed by atoms with Crippen molar-refractivity contribution in [2.24, 2.45) is 16.7 Å². The smallest absolute Gasteiger partial charge is 0.408 e. The molecule has 6 rings (SSSR count). The van der Waals surface area contributed by atoms with Gasteiger partial charge in [-0.05, 0) is 102 Å². The van der Waals surface area contributed by atoms with Crippen LogP contribution in [0, 0.1) is 16.7 Å². The van der Waals surface area contributed by atoms with E-state index >= 15 is 4.79 Å². The summed E-state index contributed by atoms with van der Waals surface area (Å²) < 4.78 is 30.0. The number of ether oxygens (including phenoxy) is 5. The molecule has 2 aromatic carbocycles. The molecule has 15 nitrogen and oxygen atoms in total. The maximum atomic E-state index is 15.5. The van der Waals surface area contributed by atoms with Crippen molar-refractivity contribution in [3.8, 4) is 0 Å². The average Bonchev–Trinajstić information content (AvgIpc) is 3.36. The number of hydrogen-bond donors (Lipinski definition) is 5. The fraction of sp³-hybridized carbons (Fsp3) is 0.517. The highest BCUT2D eigenvalue weighted by molar-refractivity contribution is 5.94. The van der Waals surface area contributed by atoms with Crippen LogP contribution >= 0.6 is 0 Å². The van der Waals surface area contributed by atoms with Crippen LogP contribution in [0.25, 0.3) is 0 Å². The Balaban J connectivity index is 1.29. The minimum atomic E-state index is -2.39. The lowest BCUT2D eigenvalue weighted by molar-refractivity contribution is -0.344. The third-order valence-electron chi connectivity index (χ3n) is 15.2. The molecule has 1 amide bonds. The Labute approximate surface area is 441 Å². The number of ketones is 1. The standard InChI is InChI=1S/C60H77NO14/c1-9-10-11-12-13-14-15-16-17-18-19-20-21-22-23-30-35-45(62)73-43-36-44-59(69,38-71-44)50-52(74-53(66)41-33-28-25-29-34-41)60(70)37-42(39(2)46(57(60,6)7)48(63)51(65)58(43,50)8)72-54(67)49(64)47(40-31-26-24-27-32-40)61-55(68)75-56(3,4)5/h10-11,13-14,16-17,19-20,22-29,31-34,42-44,47-50,52,63-64,69-70H,9,12,15,18,21,30,35-38H2,1-8H3,(H,61,68)/b11-10-,14-13-,17-16-,20-19-,23-22-. The summed E-state index contributed by atoms with van der Waals surface area (Å²) in [6, 6.07) is 14.7. The molecule has 2 bridgehead atoms. The summed E-state index contributed by atoms with van der Waals surface area (Å²) in [5, 5.41) is 53.3. The van der Waals surface area contributed by atoms with Gasteiger partial charge in [0.2, 0.25) is 0 Å². The zero-order valence-corrected chi connectivity index (χ0v) is 44.6. The Morgan fingerprint density at radius 3 is 1.92 bits per heavy atom. The van der Waals surface area contributed by atoms with Crippen LogP contribution in [0.3, 0.4) is 0 Å². The van der Waals surface area contributed by atoms with Gasteiger partial charge in [0.05, 0.1) is 29.7 Å². The van der Waals surface area contributed by atoms with Crippen LogP contribution in [0.1, 0.15) is 135 Å². The van der Waals surface area contributed by atoms with Crippen molar-refractivity contribution >= 4 is 29.8 Å². The number of hydrogen-bond acceptors (Lipinski definition) is 14. The van der Waals surface area contributed by atoms with Crippen LogP contribution in [0.5, 0.6) is 0 Å². The van der Waals surface area contributed by atoms with E-state index in [1.165, 1.54) is 26.0 Å². The third-order valence-corrected chi connectivity index (χ3v) is 15.2. The number of rotatable bonds is 20. The summed E-state index contributed by atoms with van der Waals surface area (Å²) in [4.78, 5) is 71.1. The second-order valence-corrected chi connectivity index (χ2v) is 21.7. The van der Waals surface area contributed by atoms with Gasteiger partial charge < -0.3 is 49.4 Å². The fourth-order valence-electron chi connectivity index (χ4n) is 11.1. The highest BCUT2D eigenvalue weighted by atomic mass is 16.6. The Morgan fingerprint density at radius 1 is 0.813 bits per heavy atom. The molecule has 406 valence electrons. The highest BCUT2D eigenvalue weighted by Crippen LogP contribution is 2.63. The SMILES string of the molecule is CC/C=C\C/C=C\C/C=C\C/C=C\C/C=C\CCC(=O)OC1CC2OCC2(O)C2C(OC(=O)c3ccccc3)C3(O)CC(OC(=O)C(O)C(NC(=O)OC(C)(C)C)c4ccccc4)C(C)=C(C(O)C(=O)C12C)C3(C)C. The second-order valence-electron chi connectivity index (χ2n) is 21.7. The van der Waals surface area contributed by atoms with Gasteiger partial charge in [0.25, 0.3) is 0 Å². The molecule has 3 fully saturated rings. The zero-order chi connectivity index (χ0) is 54.8. The predicted octanol–water partition coefficient (Wildman–Crippen LogP) is 8.77. The normalized spacial score (nSPS) is 29.3. The molecule has 15 heteroatoms. The van der Waals surface area contributed by atoms with E-state index in [0.29, 0.717) is 18.4 Å². The molecule has 4 aliphatic rings. The first kappa shape index (κ1) is 58.3. The summed E-state index contributed by atoms with van der Waals surface area (Å²) in [7, 11) is 0. The molecule has 2 saturated carbocycles. The van der Waals surface area contributed by atoms with E-state index in [0.717, 1.165) is 25.7 Å². The first-order valence-electron chi connectivity index (χ1n) is 26.1. The van der Waals surface area contributed by atoms with Crippen LogP contribution in [0.15, 0.2) is 133 Å². The van der Waals surface area contributed by atoms with E-state index in [-0.39, 0.29) is 36.2 Å². The van der Waals surface area contributed by atoms with Gasteiger partial charge in [-0.3, -0.25) is 9.59 Å². The molecule has 5 N–H and O–H groups in total. The number of carbonyl (C=O) groups excluding carboxylic acids is 5. The van der Waals surface area contributed by atoms with E-state index in [2.05, 4.69) is 54.8 Å². The average molecular weight is 1040 g/mol. The minimum Gasteiger partial charge on any atom is -0.461 e. The number of nitrogens with one attached hydrogen (secondary N) is 1. The van der Waals surface area contributed by atoms with Crippen molar-refractivity contribution in [2.45, 2.75) is 173 Å². The molecule has 11 unspecified atom stereocenters. The van der Waals surface area contributed by atoms with Gasteiger partial charge in [-0.1, -0.05) is 130 Å². The van der Waals surface area contributed by atoms with Gasteiger partial charge in [0.15, 0.2) is 11.9 Å². The number of benzene rings is 2. The summed E-state index contributed by atoms with van der Waals surface area (Å²) in [6.07, 6.45) is 13.8. The Kier molecular flexibility index (Phi) is 19.3. The number of allylic oxidation sites excluding steroid dienone is 10. The van der Waals surface area contributed by atoms with E-state index in [1.54, 1.807) is 83.1 Å². The van der Waals surface area contributed by atoms with E-state index in [9.17, 15) is 39.6 Å². The molecule has 3 aliphatic carbocycles. The first-order valence-corrected chi connectivity index (χ1v) is 26.1. The molecule has 75 heavy (non-hydrogen) atoms. The predicted molar refractivity (Wildman–Crippen MR) is 282 cm³/mol. The molecule has 0 radical (unpaired) electrons. The van der Waals surface area contributed by atoms with Gasteiger partial charge in [-0.25, -0.2) is 14.4 Å². The summed E-state index contributed by atoms with van der Waals surface area (Å²) in [6.45, 7) is 12.8. The zero-order valence-electron chi connectivity index (χ0n) is 44.6. The van der Waals surface area contributed by atoms with Crippen LogP contribution in [-0.4, -0.2) is 110 Å². The largest absolute Gasteiger partial charge is 0.461 e. The summed E-state index contributed by atoms with van der Waals surface area (Å²) >= 11 is 0. The number of aliphatic hydroxyl groups excluding tert-OH is 2. The molecule has 1 heterocycles.